The third-order valence-electron chi connectivity index (χ3n) is 8.48. The molecule has 0 fully saturated rings. The molecular formula is C41H37N3. The molecule has 3 nitrogen and oxygen atoms in total. The Hall–Kier alpha value is -4.89. The van der Waals surface area contributed by atoms with Crippen LogP contribution in [0, 0.1) is 0 Å². The highest BCUT2D eigenvalue weighted by Crippen LogP contribution is 2.46. The molecule has 0 aliphatic heterocycles. The molecule has 5 aromatic carbocycles. The minimum atomic E-state index is -0.115. The van der Waals surface area contributed by atoms with E-state index in [9.17, 15) is 0 Å². The number of hydrogen-bond donors (Lipinski definition) is 0. The van der Waals surface area contributed by atoms with Gasteiger partial charge < -0.3 is 0 Å². The van der Waals surface area contributed by atoms with Gasteiger partial charge in [0.05, 0.1) is 16.9 Å². The zero-order valence-corrected chi connectivity index (χ0v) is 26.3. The Kier molecular flexibility index (Phi) is 6.58. The van der Waals surface area contributed by atoms with Crippen LogP contribution in [0.5, 0.6) is 0 Å². The second-order valence-electron chi connectivity index (χ2n) is 13.8. The molecule has 3 heteroatoms. The van der Waals surface area contributed by atoms with Gasteiger partial charge in [-0.25, -0.2) is 9.97 Å². The molecule has 2 heterocycles. The molecule has 0 radical (unpaired) electrons. The lowest BCUT2D eigenvalue weighted by Crippen LogP contribution is -2.18. The van der Waals surface area contributed by atoms with Crippen LogP contribution in [0.15, 0.2) is 115 Å². The van der Waals surface area contributed by atoms with E-state index in [1.165, 1.54) is 38.1 Å². The van der Waals surface area contributed by atoms with Gasteiger partial charge in [-0.15, -0.1) is 0 Å². The van der Waals surface area contributed by atoms with Crippen molar-refractivity contribution in [2.24, 2.45) is 0 Å². The standard InChI is InChI=1S/C41H37N3/c1-40(2,3)36-31-22-19-28-18-13-23-42-38(28)35(31)37(41(4,5)6)30-21-20-29(24-32(30)36)39-43-33(26-14-9-7-10-15-26)25-34(44-39)27-16-11-8-12-17-27/h7-25H,1-6H3. The fourth-order valence-corrected chi connectivity index (χ4v) is 6.67. The van der Waals surface area contributed by atoms with Crippen LogP contribution < -0.4 is 0 Å². The monoisotopic (exact) mass is 571 g/mol. The SMILES string of the molecule is CC(C)(C)c1c2cc(-c3nc(-c4ccccc4)cc(-c4ccccc4)n3)ccc2c(C(C)(C)C)c2c1ccc1cccnc12. The predicted octanol–water partition coefficient (Wildman–Crippen LogP) is 10.9. The topological polar surface area (TPSA) is 38.7 Å². The molecule has 0 aliphatic carbocycles. The number of aromatic nitrogens is 3. The van der Waals surface area contributed by atoms with E-state index in [-0.39, 0.29) is 10.8 Å². The van der Waals surface area contributed by atoms with Gasteiger partial charge in [-0.3, -0.25) is 4.98 Å². The molecule has 0 unspecified atom stereocenters. The van der Waals surface area contributed by atoms with Crippen LogP contribution >= 0.6 is 0 Å². The van der Waals surface area contributed by atoms with Crippen molar-refractivity contribution < 1.29 is 0 Å². The summed E-state index contributed by atoms with van der Waals surface area (Å²) in [6.07, 6.45) is 1.92. The van der Waals surface area contributed by atoms with Crippen LogP contribution in [-0.2, 0) is 10.8 Å². The average Bonchev–Trinajstić information content (AvgIpc) is 3.02. The molecule has 0 aliphatic rings. The Bertz CT molecular complexity index is 2110. The van der Waals surface area contributed by atoms with Crippen molar-refractivity contribution in [1.29, 1.82) is 0 Å². The van der Waals surface area contributed by atoms with Gasteiger partial charge >= 0.3 is 0 Å². The Labute approximate surface area is 259 Å². The molecule has 44 heavy (non-hydrogen) atoms. The second-order valence-corrected chi connectivity index (χ2v) is 13.8. The van der Waals surface area contributed by atoms with Crippen molar-refractivity contribution in [2.75, 3.05) is 0 Å². The highest BCUT2D eigenvalue weighted by atomic mass is 14.9. The Morgan fingerprint density at radius 2 is 1.07 bits per heavy atom. The van der Waals surface area contributed by atoms with Crippen LogP contribution in [0.25, 0.3) is 66.4 Å². The highest BCUT2D eigenvalue weighted by Gasteiger charge is 2.29. The van der Waals surface area contributed by atoms with E-state index in [2.05, 4.69) is 133 Å². The van der Waals surface area contributed by atoms with Crippen molar-refractivity contribution in [3.8, 4) is 33.9 Å². The van der Waals surface area contributed by atoms with Crippen molar-refractivity contribution in [2.45, 2.75) is 52.4 Å². The van der Waals surface area contributed by atoms with Crippen molar-refractivity contribution in [3.05, 3.63) is 127 Å². The summed E-state index contributed by atoms with van der Waals surface area (Å²) in [5.74, 6) is 0.726. The molecule has 0 spiro atoms. The Morgan fingerprint density at radius 1 is 0.477 bits per heavy atom. The van der Waals surface area contributed by atoms with Crippen LogP contribution in [0.4, 0.5) is 0 Å². The highest BCUT2D eigenvalue weighted by molar-refractivity contribution is 6.16. The lowest BCUT2D eigenvalue weighted by molar-refractivity contribution is 0.593. The first-order valence-electron chi connectivity index (χ1n) is 15.4. The fourth-order valence-electron chi connectivity index (χ4n) is 6.67. The van der Waals surface area contributed by atoms with Gasteiger partial charge in [-0.1, -0.05) is 133 Å². The molecule has 7 aromatic rings. The molecule has 0 N–H and O–H groups in total. The third kappa shape index (κ3) is 4.83. The Balaban J connectivity index is 1.58. The quantitative estimate of drug-likeness (QED) is 0.156. The molecule has 216 valence electrons. The van der Waals surface area contributed by atoms with E-state index in [4.69, 9.17) is 15.0 Å². The number of fused-ring (bicyclic) bond motifs is 4. The van der Waals surface area contributed by atoms with Gasteiger partial charge in [0.25, 0.3) is 0 Å². The lowest BCUT2D eigenvalue weighted by Gasteiger charge is -2.31. The van der Waals surface area contributed by atoms with Gasteiger partial charge in [0, 0.05) is 33.7 Å². The second kappa shape index (κ2) is 10.4. The molecule has 0 atom stereocenters. The molecular weight excluding hydrogens is 534 g/mol. The largest absolute Gasteiger partial charge is 0.256 e. The number of nitrogens with zero attached hydrogens (tertiary/aromatic N) is 3. The van der Waals surface area contributed by atoms with Gasteiger partial charge in [-0.2, -0.15) is 0 Å². The maximum Gasteiger partial charge on any atom is 0.160 e. The van der Waals surface area contributed by atoms with Gasteiger partial charge in [0.2, 0.25) is 0 Å². The van der Waals surface area contributed by atoms with E-state index >= 15 is 0 Å². The van der Waals surface area contributed by atoms with Crippen LogP contribution in [-0.4, -0.2) is 15.0 Å². The molecule has 2 aromatic heterocycles. The van der Waals surface area contributed by atoms with Gasteiger partial charge in [0.1, 0.15) is 0 Å². The summed E-state index contributed by atoms with van der Waals surface area (Å²) in [5.41, 5.74) is 8.49. The maximum atomic E-state index is 5.15. The first kappa shape index (κ1) is 27.9. The van der Waals surface area contributed by atoms with Crippen LogP contribution in [0.1, 0.15) is 52.7 Å². The van der Waals surface area contributed by atoms with E-state index in [0.717, 1.165) is 39.4 Å². The first-order chi connectivity index (χ1) is 21.1. The maximum absolute atomic E-state index is 5.15. The van der Waals surface area contributed by atoms with Crippen molar-refractivity contribution >= 4 is 32.4 Å². The number of hydrogen-bond acceptors (Lipinski definition) is 3. The van der Waals surface area contributed by atoms with E-state index in [1.54, 1.807) is 0 Å². The smallest absolute Gasteiger partial charge is 0.160 e. The average molecular weight is 572 g/mol. The molecule has 7 rings (SSSR count). The fraction of sp³-hybridized carbons (Fsp3) is 0.195. The zero-order chi connectivity index (χ0) is 30.6. The summed E-state index contributed by atoms with van der Waals surface area (Å²) in [5, 5.41) is 6.20. The van der Waals surface area contributed by atoms with E-state index in [0.29, 0.717) is 0 Å². The normalized spacial score (nSPS) is 12.3. The zero-order valence-electron chi connectivity index (χ0n) is 26.3. The minimum Gasteiger partial charge on any atom is -0.256 e. The summed E-state index contributed by atoms with van der Waals surface area (Å²) < 4.78 is 0. The summed E-state index contributed by atoms with van der Waals surface area (Å²) >= 11 is 0. The van der Waals surface area contributed by atoms with Crippen molar-refractivity contribution in [3.63, 3.8) is 0 Å². The summed E-state index contributed by atoms with van der Waals surface area (Å²) in [7, 11) is 0. The van der Waals surface area contributed by atoms with Crippen LogP contribution in [0.3, 0.4) is 0 Å². The van der Waals surface area contributed by atoms with E-state index < -0.39 is 0 Å². The molecule has 0 saturated heterocycles. The molecule has 0 bridgehead atoms. The lowest BCUT2D eigenvalue weighted by atomic mass is 9.73. The van der Waals surface area contributed by atoms with Gasteiger partial charge in [0.15, 0.2) is 5.82 Å². The number of pyridine rings is 1. The summed E-state index contributed by atoms with van der Waals surface area (Å²) in [6, 6.07) is 38.4. The molecule has 0 saturated carbocycles. The predicted molar refractivity (Wildman–Crippen MR) is 186 cm³/mol. The molecule has 0 amide bonds. The minimum absolute atomic E-state index is 0.107. The third-order valence-corrected chi connectivity index (χ3v) is 8.48. The number of benzene rings is 5. The Morgan fingerprint density at radius 3 is 1.66 bits per heavy atom. The van der Waals surface area contributed by atoms with Crippen LogP contribution in [0.2, 0.25) is 0 Å². The first-order valence-corrected chi connectivity index (χ1v) is 15.4. The van der Waals surface area contributed by atoms with Crippen molar-refractivity contribution in [1.82, 2.24) is 15.0 Å². The number of rotatable bonds is 3. The summed E-state index contributed by atoms with van der Waals surface area (Å²) in [6.45, 7) is 13.9. The summed E-state index contributed by atoms with van der Waals surface area (Å²) in [4.78, 5) is 15.2. The van der Waals surface area contributed by atoms with E-state index in [1.807, 2.05) is 24.4 Å². The van der Waals surface area contributed by atoms with Gasteiger partial charge in [-0.05, 0) is 56.3 Å².